The third-order valence-corrected chi connectivity index (χ3v) is 3.41. The number of benzene rings is 1. The van der Waals surface area contributed by atoms with Crippen molar-refractivity contribution >= 4 is 17.8 Å². The predicted octanol–water partition coefficient (Wildman–Crippen LogP) is 2.03. The Morgan fingerprint density at radius 3 is 2.47 bits per heavy atom. The molecule has 5 nitrogen and oxygen atoms in total. The molecule has 0 fully saturated rings. The van der Waals surface area contributed by atoms with Crippen LogP contribution in [0.4, 0.5) is 0 Å². The number of aromatic carboxylic acids is 1. The van der Waals surface area contributed by atoms with E-state index in [4.69, 9.17) is 5.11 Å². The van der Waals surface area contributed by atoms with Gasteiger partial charge in [0, 0.05) is 6.54 Å². The Balaban J connectivity index is 2.36. The first-order chi connectivity index (χ1) is 8.95. The van der Waals surface area contributed by atoms with Gasteiger partial charge in [0.25, 0.3) is 11.8 Å². The minimum Gasteiger partial charge on any atom is -0.478 e. The van der Waals surface area contributed by atoms with Gasteiger partial charge in [-0.25, -0.2) is 4.79 Å². The van der Waals surface area contributed by atoms with Gasteiger partial charge in [-0.05, 0) is 24.1 Å². The molecule has 1 aromatic rings. The number of fused-ring (bicyclic) bond motifs is 1. The zero-order chi connectivity index (χ0) is 14.2. The van der Waals surface area contributed by atoms with Gasteiger partial charge in [-0.1, -0.05) is 20.3 Å². The maximum atomic E-state index is 12.1. The quantitative estimate of drug-likeness (QED) is 0.841. The monoisotopic (exact) mass is 261 g/mol. The molecule has 0 radical (unpaired) electrons. The van der Waals surface area contributed by atoms with Crippen LogP contribution < -0.4 is 0 Å². The Bertz CT molecular complexity index is 565. The van der Waals surface area contributed by atoms with E-state index < -0.39 is 11.9 Å². The SMILES string of the molecule is CCC(C)CN1C(=O)c2ccc(C(=O)O)cc2C1=O. The lowest BCUT2D eigenvalue weighted by Crippen LogP contribution is -2.33. The topological polar surface area (TPSA) is 74.7 Å². The van der Waals surface area contributed by atoms with Crippen molar-refractivity contribution in [3.05, 3.63) is 34.9 Å². The zero-order valence-corrected chi connectivity index (χ0v) is 10.8. The Morgan fingerprint density at radius 2 is 1.89 bits per heavy atom. The molecule has 5 heteroatoms. The number of nitrogens with zero attached hydrogens (tertiary/aromatic N) is 1. The Labute approximate surface area is 110 Å². The minimum atomic E-state index is -1.11. The van der Waals surface area contributed by atoms with E-state index in [1.807, 2.05) is 13.8 Å². The molecule has 19 heavy (non-hydrogen) atoms. The number of imide groups is 1. The molecule has 1 heterocycles. The molecular weight excluding hydrogens is 246 g/mol. The lowest BCUT2D eigenvalue weighted by molar-refractivity contribution is 0.0630. The number of hydrogen-bond acceptors (Lipinski definition) is 3. The Kier molecular flexibility index (Phi) is 3.38. The zero-order valence-electron chi connectivity index (χ0n) is 10.8. The summed E-state index contributed by atoms with van der Waals surface area (Å²) in [6, 6.07) is 4.03. The molecule has 1 unspecified atom stereocenters. The molecule has 0 aliphatic carbocycles. The van der Waals surface area contributed by atoms with Crippen LogP contribution in [0.25, 0.3) is 0 Å². The highest BCUT2D eigenvalue weighted by atomic mass is 16.4. The van der Waals surface area contributed by atoms with Crippen molar-refractivity contribution in [2.75, 3.05) is 6.54 Å². The molecular formula is C14H15NO4. The van der Waals surface area contributed by atoms with Gasteiger partial charge >= 0.3 is 5.97 Å². The lowest BCUT2D eigenvalue weighted by atomic mass is 10.1. The Hall–Kier alpha value is -2.17. The van der Waals surface area contributed by atoms with E-state index in [1.165, 1.54) is 23.1 Å². The van der Waals surface area contributed by atoms with E-state index in [0.717, 1.165) is 6.42 Å². The summed E-state index contributed by atoms with van der Waals surface area (Å²) in [6.45, 7) is 4.32. The van der Waals surface area contributed by atoms with E-state index in [2.05, 4.69) is 0 Å². The molecule has 1 aliphatic heterocycles. The van der Waals surface area contributed by atoms with Gasteiger partial charge in [0.2, 0.25) is 0 Å². The second kappa shape index (κ2) is 4.84. The van der Waals surface area contributed by atoms with Crippen molar-refractivity contribution < 1.29 is 19.5 Å². The molecule has 1 atom stereocenters. The largest absolute Gasteiger partial charge is 0.478 e. The van der Waals surface area contributed by atoms with Crippen molar-refractivity contribution in [3.63, 3.8) is 0 Å². The number of amides is 2. The van der Waals surface area contributed by atoms with Gasteiger partial charge in [-0.2, -0.15) is 0 Å². The molecule has 0 saturated heterocycles. The van der Waals surface area contributed by atoms with Crippen LogP contribution in [0.5, 0.6) is 0 Å². The summed E-state index contributed by atoms with van der Waals surface area (Å²) in [6.07, 6.45) is 0.869. The number of carbonyl (C=O) groups excluding carboxylic acids is 2. The first-order valence-electron chi connectivity index (χ1n) is 6.19. The highest BCUT2D eigenvalue weighted by Gasteiger charge is 2.36. The number of carboxylic acid groups (broad SMARTS) is 1. The van der Waals surface area contributed by atoms with Crippen LogP contribution in [0.1, 0.15) is 51.3 Å². The van der Waals surface area contributed by atoms with Crippen molar-refractivity contribution in [1.82, 2.24) is 4.90 Å². The minimum absolute atomic E-state index is 0.0188. The molecule has 1 aliphatic rings. The number of hydrogen-bond donors (Lipinski definition) is 1. The maximum absolute atomic E-state index is 12.1. The predicted molar refractivity (Wildman–Crippen MR) is 68.2 cm³/mol. The fourth-order valence-corrected chi connectivity index (χ4v) is 2.03. The highest BCUT2D eigenvalue weighted by Crippen LogP contribution is 2.25. The van der Waals surface area contributed by atoms with Crippen molar-refractivity contribution in [2.45, 2.75) is 20.3 Å². The third-order valence-electron chi connectivity index (χ3n) is 3.41. The van der Waals surface area contributed by atoms with Gasteiger partial charge in [-0.3, -0.25) is 14.5 Å². The third kappa shape index (κ3) is 2.23. The van der Waals surface area contributed by atoms with Gasteiger partial charge < -0.3 is 5.11 Å². The molecule has 0 saturated carbocycles. The maximum Gasteiger partial charge on any atom is 0.335 e. The smallest absolute Gasteiger partial charge is 0.335 e. The second-order valence-corrected chi connectivity index (χ2v) is 4.80. The highest BCUT2D eigenvalue weighted by molar-refractivity contribution is 6.21. The number of carbonyl (C=O) groups is 3. The summed E-state index contributed by atoms with van der Waals surface area (Å²) in [7, 11) is 0. The van der Waals surface area contributed by atoms with Gasteiger partial charge in [0.05, 0.1) is 16.7 Å². The van der Waals surface area contributed by atoms with E-state index >= 15 is 0 Å². The normalized spacial score (nSPS) is 15.6. The van der Waals surface area contributed by atoms with Crippen molar-refractivity contribution in [2.24, 2.45) is 5.92 Å². The van der Waals surface area contributed by atoms with Crippen LogP contribution in [-0.2, 0) is 0 Å². The molecule has 0 spiro atoms. The molecule has 1 aromatic carbocycles. The number of carboxylic acids is 1. The lowest BCUT2D eigenvalue weighted by Gasteiger charge is -2.17. The molecule has 0 aromatic heterocycles. The standard InChI is InChI=1S/C14H15NO4/c1-3-8(2)7-15-12(16)10-5-4-9(14(18)19)6-11(10)13(15)17/h4-6,8H,3,7H2,1-2H3,(H,18,19). The second-order valence-electron chi connectivity index (χ2n) is 4.80. The van der Waals surface area contributed by atoms with Crippen LogP contribution >= 0.6 is 0 Å². The summed E-state index contributed by atoms with van der Waals surface area (Å²) in [5, 5.41) is 8.91. The first-order valence-corrected chi connectivity index (χ1v) is 6.19. The van der Waals surface area contributed by atoms with Gasteiger partial charge in [-0.15, -0.1) is 0 Å². The van der Waals surface area contributed by atoms with Gasteiger partial charge in [0.1, 0.15) is 0 Å². The molecule has 0 bridgehead atoms. The summed E-state index contributed by atoms with van der Waals surface area (Å²) < 4.78 is 0. The summed E-state index contributed by atoms with van der Waals surface area (Å²) >= 11 is 0. The fourth-order valence-electron chi connectivity index (χ4n) is 2.03. The van der Waals surface area contributed by atoms with Crippen LogP contribution in [0.3, 0.4) is 0 Å². The Morgan fingerprint density at radius 1 is 1.26 bits per heavy atom. The average Bonchev–Trinajstić information content (AvgIpc) is 2.63. The summed E-state index contributed by atoms with van der Waals surface area (Å²) in [5.74, 6) is -1.62. The fraction of sp³-hybridized carbons (Fsp3) is 0.357. The molecule has 1 N–H and O–H groups in total. The van der Waals surface area contributed by atoms with Crippen LogP contribution in [0.2, 0.25) is 0 Å². The van der Waals surface area contributed by atoms with E-state index in [9.17, 15) is 14.4 Å². The van der Waals surface area contributed by atoms with Crippen molar-refractivity contribution in [3.8, 4) is 0 Å². The molecule has 2 amide bonds. The average molecular weight is 261 g/mol. The summed E-state index contributed by atoms with van der Waals surface area (Å²) in [4.78, 5) is 36.3. The van der Waals surface area contributed by atoms with Gasteiger partial charge in [0.15, 0.2) is 0 Å². The van der Waals surface area contributed by atoms with Crippen LogP contribution in [-0.4, -0.2) is 34.3 Å². The molecule has 2 rings (SSSR count). The molecule has 100 valence electrons. The van der Waals surface area contributed by atoms with E-state index in [1.54, 1.807) is 0 Å². The van der Waals surface area contributed by atoms with Crippen LogP contribution in [0.15, 0.2) is 18.2 Å². The van der Waals surface area contributed by atoms with E-state index in [-0.39, 0.29) is 23.0 Å². The summed E-state index contributed by atoms with van der Waals surface area (Å²) in [5.41, 5.74) is 0.497. The first kappa shape index (κ1) is 13.3. The van der Waals surface area contributed by atoms with Crippen LogP contribution in [0, 0.1) is 5.92 Å². The van der Waals surface area contributed by atoms with Crippen molar-refractivity contribution in [1.29, 1.82) is 0 Å². The number of rotatable bonds is 4. The van der Waals surface area contributed by atoms with E-state index in [0.29, 0.717) is 12.1 Å².